The zero-order valence-electron chi connectivity index (χ0n) is 16.3. The van der Waals surface area contributed by atoms with Gasteiger partial charge in [-0.05, 0) is 31.0 Å². The van der Waals surface area contributed by atoms with E-state index in [2.05, 4.69) is 5.32 Å². The fourth-order valence-electron chi connectivity index (χ4n) is 3.30. The van der Waals surface area contributed by atoms with Gasteiger partial charge in [-0.2, -0.15) is 0 Å². The summed E-state index contributed by atoms with van der Waals surface area (Å²) < 4.78 is 26.5. The van der Waals surface area contributed by atoms with Gasteiger partial charge in [-0.25, -0.2) is 12.7 Å². The maximum atomic E-state index is 12.7. The van der Waals surface area contributed by atoms with Gasteiger partial charge >= 0.3 is 0 Å². The molecule has 1 aliphatic carbocycles. The van der Waals surface area contributed by atoms with Crippen LogP contribution in [0.1, 0.15) is 55.3 Å². The van der Waals surface area contributed by atoms with E-state index >= 15 is 0 Å². The molecule has 0 aliphatic heterocycles. The summed E-state index contributed by atoms with van der Waals surface area (Å²) in [6, 6.07) is 5.06. The van der Waals surface area contributed by atoms with Crippen molar-refractivity contribution < 1.29 is 13.2 Å². The number of hydrogen-bond donors (Lipinski definition) is 1. The largest absolute Gasteiger partial charge is 0.377 e. The van der Waals surface area contributed by atoms with Crippen LogP contribution in [0, 0.1) is 0 Å². The van der Waals surface area contributed by atoms with E-state index in [-0.39, 0.29) is 16.8 Å². The number of nitrogens with one attached hydrogen (secondary N) is 1. The van der Waals surface area contributed by atoms with Gasteiger partial charge in [0.1, 0.15) is 4.90 Å². The molecule has 1 N–H and O–H groups in total. The zero-order chi connectivity index (χ0) is 19.3. The molecule has 2 rings (SSSR count). The van der Waals surface area contributed by atoms with Crippen LogP contribution in [0.3, 0.4) is 0 Å². The normalized spacial score (nSPS) is 16.8. The number of benzene rings is 1. The molecule has 0 spiro atoms. The van der Waals surface area contributed by atoms with Crippen molar-refractivity contribution in [2.75, 3.05) is 33.1 Å². The lowest BCUT2D eigenvalue weighted by atomic mass is 9.96. The van der Waals surface area contributed by atoms with Gasteiger partial charge in [0.15, 0.2) is 0 Å². The summed E-state index contributed by atoms with van der Waals surface area (Å²) in [5.41, 5.74) is 0.958. The molecule has 7 heteroatoms. The van der Waals surface area contributed by atoms with Crippen molar-refractivity contribution in [3.63, 3.8) is 0 Å². The highest BCUT2D eigenvalue weighted by atomic mass is 32.2. The Morgan fingerprint density at radius 3 is 2.12 bits per heavy atom. The second-order valence-corrected chi connectivity index (χ2v) is 9.50. The minimum Gasteiger partial charge on any atom is -0.377 e. The summed E-state index contributed by atoms with van der Waals surface area (Å²) >= 11 is 0. The number of anilines is 1. The van der Waals surface area contributed by atoms with Crippen molar-refractivity contribution in [2.24, 2.45) is 0 Å². The van der Waals surface area contributed by atoms with Crippen LogP contribution in [0.5, 0.6) is 0 Å². The molecular weight excluding hydrogens is 350 g/mol. The molecule has 1 saturated carbocycles. The zero-order valence-corrected chi connectivity index (χ0v) is 17.1. The summed E-state index contributed by atoms with van der Waals surface area (Å²) in [5, 5.41) is 3.10. The van der Waals surface area contributed by atoms with E-state index in [0.29, 0.717) is 11.3 Å². The molecule has 1 fully saturated rings. The molecule has 1 aromatic carbocycles. The van der Waals surface area contributed by atoms with Crippen molar-refractivity contribution in [3.8, 4) is 0 Å². The van der Waals surface area contributed by atoms with E-state index in [1.54, 1.807) is 31.1 Å². The van der Waals surface area contributed by atoms with Crippen molar-refractivity contribution >= 4 is 21.6 Å². The summed E-state index contributed by atoms with van der Waals surface area (Å²) in [6.45, 7) is 0. The van der Waals surface area contributed by atoms with Crippen LogP contribution < -0.4 is 10.2 Å². The first-order chi connectivity index (χ1) is 12.2. The molecule has 0 aromatic heterocycles. The van der Waals surface area contributed by atoms with Crippen LogP contribution in [-0.2, 0) is 10.0 Å². The first-order valence-electron chi connectivity index (χ1n) is 9.28. The van der Waals surface area contributed by atoms with Gasteiger partial charge in [0, 0.05) is 39.8 Å². The summed E-state index contributed by atoms with van der Waals surface area (Å²) in [7, 11) is 2.93. The minimum atomic E-state index is -3.64. The standard InChI is InChI=1S/C19H31N3O3S/c1-21(2)17-13-12-15(14-18(17)26(24,25)22(3)4)19(23)20-16-10-8-6-5-7-9-11-16/h12-14,16H,5-11H2,1-4H3,(H,20,23). The topological polar surface area (TPSA) is 69.7 Å². The van der Waals surface area contributed by atoms with E-state index in [1.165, 1.54) is 43.7 Å². The highest BCUT2D eigenvalue weighted by Crippen LogP contribution is 2.27. The Balaban J connectivity index is 2.27. The third kappa shape index (κ3) is 4.98. The van der Waals surface area contributed by atoms with Crippen LogP contribution >= 0.6 is 0 Å². The number of sulfonamides is 1. The Labute approximate surface area is 157 Å². The molecule has 1 amide bonds. The minimum absolute atomic E-state index is 0.151. The number of nitrogens with zero attached hydrogens (tertiary/aromatic N) is 2. The predicted octanol–water partition coefficient (Wildman–Crippen LogP) is 2.85. The average Bonchev–Trinajstić information content (AvgIpc) is 2.56. The molecule has 1 aromatic rings. The summed E-state index contributed by atoms with van der Waals surface area (Å²) in [4.78, 5) is 14.6. The molecule has 1 aliphatic rings. The highest BCUT2D eigenvalue weighted by molar-refractivity contribution is 7.89. The molecular formula is C19H31N3O3S. The number of carbonyl (C=O) groups is 1. The second-order valence-electron chi connectivity index (χ2n) is 7.38. The molecule has 146 valence electrons. The molecule has 6 nitrogen and oxygen atoms in total. The Morgan fingerprint density at radius 2 is 1.58 bits per heavy atom. The second kappa shape index (κ2) is 8.86. The van der Waals surface area contributed by atoms with Crippen molar-refractivity contribution in [1.82, 2.24) is 9.62 Å². The van der Waals surface area contributed by atoms with Gasteiger partial charge in [-0.3, -0.25) is 4.79 Å². The lowest BCUT2D eigenvalue weighted by molar-refractivity contribution is 0.0930. The van der Waals surface area contributed by atoms with Crippen molar-refractivity contribution in [1.29, 1.82) is 0 Å². The maximum absolute atomic E-state index is 12.7. The third-order valence-corrected chi connectivity index (χ3v) is 6.75. The molecule has 0 radical (unpaired) electrons. The maximum Gasteiger partial charge on any atom is 0.251 e. The Bertz CT molecular complexity index is 722. The van der Waals surface area contributed by atoms with E-state index in [9.17, 15) is 13.2 Å². The predicted molar refractivity (Wildman–Crippen MR) is 105 cm³/mol. The molecule has 26 heavy (non-hydrogen) atoms. The van der Waals surface area contributed by atoms with E-state index in [4.69, 9.17) is 0 Å². The van der Waals surface area contributed by atoms with Gasteiger partial charge in [0.05, 0.1) is 5.69 Å². The van der Waals surface area contributed by atoms with Gasteiger partial charge in [-0.15, -0.1) is 0 Å². The average molecular weight is 382 g/mol. The molecule has 0 heterocycles. The smallest absolute Gasteiger partial charge is 0.251 e. The van der Waals surface area contributed by atoms with Gasteiger partial charge in [-0.1, -0.05) is 32.1 Å². The highest BCUT2D eigenvalue weighted by Gasteiger charge is 2.24. The van der Waals surface area contributed by atoms with Crippen LogP contribution in [0.4, 0.5) is 5.69 Å². The number of hydrogen-bond acceptors (Lipinski definition) is 4. The first-order valence-corrected chi connectivity index (χ1v) is 10.7. The van der Waals surface area contributed by atoms with Gasteiger partial charge < -0.3 is 10.2 Å². The van der Waals surface area contributed by atoms with Gasteiger partial charge in [0.2, 0.25) is 10.0 Å². The first kappa shape index (κ1) is 20.7. The molecule has 0 saturated heterocycles. The number of rotatable bonds is 5. The van der Waals surface area contributed by atoms with E-state index < -0.39 is 10.0 Å². The Hall–Kier alpha value is -1.60. The SMILES string of the molecule is CN(C)c1ccc(C(=O)NC2CCCCCCC2)cc1S(=O)(=O)N(C)C. The number of amides is 1. The molecule has 0 bridgehead atoms. The van der Waals surface area contributed by atoms with E-state index in [1.807, 2.05) is 0 Å². The van der Waals surface area contributed by atoms with Gasteiger partial charge in [0.25, 0.3) is 5.91 Å². The quantitative estimate of drug-likeness (QED) is 0.851. The molecule has 0 atom stereocenters. The Morgan fingerprint density at radius 1 is 1.00 bits per heavy atom. The third-order valence-electron chi connectivity index (χ3n) is 4.90. The van der Waals surface area contributed by atoms with Crippen LogP contribution in [0.2, 0.25) is 0 Å². The lowest BCUT2D eigenvalue weighted by Gasteiger charge is -2.23. The Kier molecular flexibility index (Phi) is 7.06. The summed E-state index contributed by atoms with van der Waals surface area (Å²) in [5.74, 6) is -0.198. The fourth-order valence-corrected chi connectivity index (χ4v) is 4.48. The van der Waals surface area contributed by atoms with E-state index in [0.717, 1.165) is 25.7 Å². The fraction of sp³-hybridized carbons (Fsp3) is 0.632. The number of carbonyl (C=O) groups excluding carboxylic acids is 1. The molecule has 0 unspecified atom stereocenters. The van der Waals surface area contributed by atoms with Crippen LogP contribution in [0.15, 0.2) is 23.1 Å². The lowest BCUT2D eigenvalue weighted by Crippen LogP contribution is -2.35. The summed E-state index contributed by atoms with van der Waals surface area (Å²) in [6.07, 6.45) is 7.95. The monoisotopic (exact) mass is 381 g/mol. The van der Waals surface area contributed by atoms with Crippen LogP contribution in [-0.4, -0.2) is 52.9 Å². The van der Waals surface area contributed by atoms with Crippen LogP contribution in [0.25, 0.3) is 0 Å². The van der Waals surface area contributed by atoms with Crippen molar-refractivity contribution in [3.05, 3.63) is 23.8 Å². The van der Waals surface area contributed by atoms with Crippen molar-refractivity contribution in [2.45, 2.75) is 55.9 Å².